The molecule has 3 aliphatic carbocycles. The fourth-order valence-electron chi connectivity index (χ4n) is 6.00. The Morgan fingerprint density at radius 3 is 2.65 bits per heavy atom. The number of alkyl carbamates (subject to hydrolysis) is 1. The number of rotatable bonds is 8. The average Bonchev–Trinajstić information content (AvgIpc) is 3.01. The number of nitrogens with one attached hydrogen (secondary N) is 2. The largest absolute Gasteiger partial charge is 0.480 e. The number of carboxylic acid groups (broad SMARTS) is 1. The van der Waals surface area contributed by atoms with Gasteiger partial charge in [0.15, 0.2) is 0 Å². The summed E-state index contributed by atoms with van der Waals surface area (Å²) in [7, 11) is 0. The van der Waals surface area contributed by atoms with Gasteiger partial charge in [0.05, 0.1) is 0 Å². The minimum atomic E-state index is -1.15. The van der Waals surface area contributed by atoms with Gasteiger partial charge in [0.25, 0.3) is 0 Å². The molecule has 1 saturated heterocycles. The first kappa shape index (κ1) is 21.6. The van der Waals surface area contributed by atoms with Crippen LogP contribution in [0, 0.1) is 23.2 Å². The van der Waals surface area contributed by atoms with Crippen molar-refractivity contribution >= 4 is 23.9 Å². The topological polar surface area (TPSA) is 125 Å². The van der Waals surface area contributed by atoms with Gasteiger partial charge in [0.2, 0.25) is 11.8 Å². The van der Waals surface area contributed by atoms with Gasteiger partial charge in [0.1, 0.15) is 24.7 Å². The zero-order valence-corrected chi connectivity index (χ0v) is 17.8. The summed E-state index contributed by atoms with van der Waals surface area (Å²) in [4.78, 5) is 50.4. The summed E-state index contributed by atoms with van der Waals surface area (Å²) in [6.45, 7) is 5.37. The zero-order valence-electron chi connectivity index (χ0n) is 17.8. The van der Waals surface area contributed by atoms with Gasteiger partial charge >= 0.3 is 12.1 Å². The Morgan fingerprint density at radius 1 is 1.26 bits per heavy atom. The number of carbonyl (C=O) groups is 4. The van der Waals surface area contributed by atoms with Crippen LogP contribution in [-0.4, -0.2) is 65.2 Å². The van der Waals surface area contributed by atoms with E-state index in [1.54, 1.807) is 6.92 Å². The van der Waals surface area contributed by atoms with Gasteiger partial charge in [-0.3, -0.25) is 9.59 Å². The lowest BCUT2D eigenvalue weighted by atomic mass is 9.71. The number of aliphatic carboxylic acids is 1. The van der Waals surface area contributed by atoms with E-state index in [2.05, 4.69) is 17.2 Å². The number of amides is 3. The van der Waals surface area contributed by atoms with Gasteiger partial charge in [-0.15, -0.1) is 6.58 Å². The van der Waals surface area contributed by atoms with Crippen LogP contribution >= 0.6 is 0 Å². The summed E-state index contributed by atoms with van der Waals surface area (Å²) in [5, 5.41) is 14.4. The van der Waals surface area contributed by atoms with E-state index < -0.39 is 36.0 Å². The van der Waals surface area contributed by atoms with Crippen molar-refractivity contribution in [3.8, 4) is 0 Å². The van der Waals surface area contributed by atoms with E-state index in [4.69, 9.17) is 4.74 Å². The lowest BCUT2D eigenvalue weighted by Gasteiger charge is -2.35. The predicted molar refractivity (Wildman–Crippen MR) is 110 cm³/mol. The van der Waals surface area contributed by atoms with Crippen LogP contribution in [-0.2, 0) is 19.1 Å². The number of nitrogens with zero attached hydrogens (tertiary/aromatic N) is 1. The van der Waals surface area contributed by atoms with Crippen molar-refractivity contribution in [2.75, 3.05) is 13.1 Å². The van der Waals surface area contributed by atoms with Crippen molar-refractivity contribution in [3.05, 3.63) is 12.7 Å². The summed E-state index contributed by atoms with van der Waals surface area (Å²) in [5.74, 6) is -1.32. The molecule has 0 bridgehead atoms. The summed E-state index contributed by atoms with van der Waals surface area (Å²) < 4.78 is 5.58. The normalized spacial score (nSPS) is 34.4. The lowest BCUT2D eigenvalue weighted by molar-refractivity contribution is -0.144. The zero-order chi connectivity index (χ0) is 22.3. The van der Waals surface area contributed by atoms with E-state index in [-0.39, 0.29) is 24.0 Å². The highest BCUT2D eigenvalue weighted by Gasteiger charge is 2.76. The highest BCUT2D eigenvalue weighted by Crippen LogP contribution is 2.76. The molecule has 4 fully saturated rings. The Bertz CT molecular complexity index is 800. The molecule has 3 amide bonds. The first-order valence-corrected chi connectivity index (χ1v) is 11.2. The SMILES string of the molecule is C=CC(C)C(NC(=O)C1CCCN1C(=O)CNC(=O)OC1C2CCC3CCC321)C(=O)O. The van der Waals surface area contributed by atoms with Gasteiger partial charge in [-0.2, -0.15) is 0 Å². The van der Waals surface area contributed by atoms with E-state index >= 15 is 0 Å². The second-order valence-corrected chi connectivity index (χ2v) is 9.38. The molecule has 0 aromatic rings. The fraction of sp³-hybridized carbons (Fsp3) is 0.727. The molecule has 4 aliphatic rings. The van der Waals surface area contributed by atoms with E-state index in [0.717, 1.165) is 12.8 Å². The molecule has 0 aromatic carbocycles. The van der Waals surface area contributed by atoms with Crippen LogP contribution in [0.5, 0.6) is 0 Å². The van der Waals surface area contributed by atoms with Crippen LogP contribution in [0.3, 0.4) is 0 Å². The summed E-state index contributed by atoms with van der Waals surface area (Å²) >= 11 is 0. The molecule has 3 saturated carbocycles. The molecular weight excluding hydrogens is 402 g/mol. The third-order valence-electron chi connectivity index (χ3n) is 7.94. The second-order valence-electron chi connectivity index (χ2n) is 9.38. The average molecular weight is 434 g/mol. The van der Waals surface area contributed by atoms with Crippen LogP contribution < -0.4 is 10.6 Å². The highest BCUT2D eigenvalue weighted by molar-refractivity contribution is 5.92. The molecule has 9 nitrogen and oxygen atoms in total. The number of carboxylic acids is 1. The quantitative estimate of drug-likeness (QED) is 0.495. The van der Waals surface area contributed by atoms with Crippen LogP contribution in [0.4, 0.5) is 4.79 Å². The van der Waals surface area contributed by atoms with Crippen molar-refractivity contribution in [3.63, 3.8) is 0 Å². The molecular formula is C22H31N3O6. The van der Waals surface area contributed by atoms with Gasteiger partial charge in [0, 0.05) is 23.8 Å². The van der Waals surface area contributed by atoms with Crippen molar-refractivity contribution in [2.24, 2.45) is 23.2 Å². The third-order valence-corrected chi connectivity index (χ3v) is 7.94. The third kappa shape index (κ3) is 3.68. The molecule has 1 aliphatic heterocycles. The summed E-state index contributed by atoms with van der Waals surface area (Å²) in [6, 6.07) is -1.86. The van der Waals surface area contributed by atoms with Gasteiger partial charge in [-0.05, 0) is 44.4 Å². The molecule has 3 N–H and O–H groups in total. The molecule has 1 spiro atoms. The van der Waals surface area contributed by atoms with Gasteiger partial charge < -0.3 is 25.4 Å². The van der Waals surface area contributed by atoms with Crippen LogP contribution in [0.2, 0.25) is 0 Å². The summed E-state index contributed by atoms with van der Waals surface area (Å²) in [5.41, 5.74) is 0.225. The van der Waals surface area contributed by atoms with Crippen molar-refractivity contribution in [2.45, 2.75) is 63.6 Å². The Labute approximate surface area is 181 Å². The number of carbonyl (C=O) groups excluding carboxylic acids is 3. The number of hydrogen-bond donors (Lipinski definition) is 3. The number of ether oxygens (including phenoxy) is 1. The predicted octanol–water partition coefficient (Wildman–Crippen LogP) is 1.28. The molecule has 1 heterocycles. The molecule has 7 atom stereocenters. The van der Waals surface area contributed by atoms with Crippen LogP contribution in [0.25, 0.3) is 0 Å². The Balaban J connectivity index is 1.26. The Morgan fingerprint density at radius 2 is 2.03 bits per heavy atom. The van der Waals surface area contributed by atoms with E-state index in [1.165, 1.54) is 23.8 Å². The monoisotopic (exact) mass is 433 g/mol. The fourth-order valence-corrected chi connectivity index (χ4v) is 6.00. The molecule has 31 heavy (non-hydrogen) atoms. The minimum Gasteiger partial charge on any atom is -0.480 e. The smallest absolute Gasteiger partial charge is 0.407 e. The first-order valence-electron chi connectivity index (χ1n) is 11.2. The van der Waals surface area contributed by atoms with E-state index in [9.17, 15) is 24.3 Å². The van der Waals surface area contributed by atoms with E-state index in [1.807, 2.05) is 0 Å². The van der Waals surface area contributed by atoms with Gasteiger partial charge in [-0.25, -0.2) is 9.59 Å². The van der Waals surface area contributed by atoms with Crippen molar-refractivity contribution in [1.29, 1.82) is 0 Å². The molecule has 0 radical (unpaired) electrons. The van der Waals surface area contributed by atoms with Crippen LogP contribution in [0.1, 0.15) is 45.4 Å². The number of hydrogen-bond acceptors (Lipinski definition) is 5. The second kappa shape index (κ2) is 8.16. The maximum absolute atomic E-state index is 12.7. The maximum atomic E-state index is 12.7. The lowest BCUT2D eigenvalue weighted by Crippen LogP contribution is -2.53. The highest BCUT2D eigenvalue weighted by atomic mass is 16.6. The van der Waals surface area contributed by atoms with Gasteiger partial charge in [-0.1, -0.05) is 13.0 Å². The number of likely N-dealkylation sites (tertiary alicyclic amines) is 1. The van der Waals surface area contributed by atoms with Crippen molar-refractivity contribution in [1.82, 2.24) is 15.5 Å². The maximum Gasteiger partial charge on any atom is 0.407 e. The molecule has 0 aromatic heterocycles. The minimum absolute atomic E-state index is 0.0137. The molecule has 7 unspecified atom stereocenters. The van der Waals surface area contributed by atoms with Crippen molar-refractivity contribution < 1.29 is 29.0 Å². The first-order chi connectivity index (χ1) is 14.8. The molecule has 9 heteroatoms. The Hall–Kier alpha value is -2.58. The van der Waals surface area contributed by atoms with Crippen LogP contribution in [0.15, 0.2) is 12.7 Å². The van der Waals surface area contributed by atoms with E-state index in [0.29, 0.717) is 31.2 Å². The summed E-state index contributed by atoms with van der Waals surface area (Å²) in [6.07, 6.45) is 6.66. The standard InChI is InChI=1S/C22H31N3O6/c1-3-12(2)17(20(28)29)24-19(27)15-5-4-10-25(15)16(26)11-23-21(30)31-18-14-7-6-13-8-9-22(13,14)18/h3,12-15,17-18H,1,4-11H2,2H3,(H,23,30)(H,24,27)(H,28,29). The Kier molecular flexibility index (Phi) is 5.70. The molecule has 4 rings (SSSR count). The molecule has 170 valence electrons.